The zero-order valence-corrected chi connectivity index (χ0v) is 25.0. The van der Waals surface area contributed by atoms with Crippen molar-refractivity contribution in [2.45, 2.75) is 47.6 Å². The van der Waals surface area contributed by atoms with Gasteiger partial charge in [0.1, 0.15) is 17.4 Å². The van der Waals surface area contributed by atoms with E-state index in [0.717, 1.165) is 16.8 Å². The van der Waals surface area contributed by atoms with E-state index in [0.29, 0.717) is 57.1 Å². The van der Waals surface area contributed by atoms with Crippen LogP contribution >= 0.6 is 23.2 Å². The summed E-state index contributed by atoms with van der Waals surface area (Å²) in [5, 5.41) is 6.76. The summed E-state index contributed by atoms with van der Waals surface area (Å²) in [5.74, 6) is 1.19. The molecule has 2 N–H and O–H groups in total. The number of rotatable bonds is 8. The van der Waals surface area contributed by atoms with Gasteiger partial charge in [-0.25, -0.2) is 9.97 Å². The van der Waals surface area contributed by atoms with Crippen molar-refractivity contribution < 1.29 is 14.3 Å². The van der Waals surface area contributed by atoms with Crippen LogP contribution in [0.5, 0.6) is 5.75 Å². The molecule has 0 fully saturated rings. The van der Waals surface area contributed by atoms with E-state index in [-0.39, 0.29) is 18.4 Å². The Balaban J connectivity index is 1.66. The van der Waals surface area contributed by atoms with Crippen molar-refractivity contribution >= 4 is 51.9 Å². The van der Waals surface area contributed by atoms with Crippen molar-refractivity contribution in [1.29, 1.82) is 0 Å². The van der Waals surface area contributed by atoms with E-state index in [4.69, 9.17) is 32.9 Å². The second-order valence-electron chi connectivity index (χ2n) is 10.6. The Bertz CT molecular complexity index is 1590. The Morgan fingerprint density at radius 3 is 2.50 bits per heavy atom. The quantitative estimate of drug-likeness (QED) is 0.248. The van der Waals surface area contributed by atoms with Crippen molar-refractivity contribution in [2.75, 3.05) is 11.9 Å². The molecule has 2 amide bonds. The summed E-state index contributed by atoms with van der Waals surface area (Å²) in [6, 6.07) is 12.6. The molecule has 0 aliphatic heterocycles. The third kappa shape index (κ3) is 6.40. The molecular formula is C30H33Cl2N5O3. The number of nitrogens with one attached hydrogen (secondary N) is 2. The Kier molecular flexibility index (Phi) is 8.71. The second kappa shape index (κ2) is 11.9. The zero-order chi connectivity index (χ0) is 29.2. The number of hydrogen-bond donors (Lipinski definition) is 2. The Morgan fingerprint density at radius 1 is 1.07 bits per heavy atom. The minimum atomic E-state index is -0.512. The van der Waals surface area contributed by atoms with Crippen LogP contribution in [0.15, 0.2) is 42.5 Å². The van der Waals surface area contributed by atoms with Gasteiger partial charge < -0.3 is 19.9 Å². The van der Waals surface area contributed by atoms with Crippen molar-refractivity contribution in [1.82, 2.24) is 19.9 Å². The van der Waals surface area contributed by atoms with Gasteiger partial charge in [0, 0.05) is 42.2 Å². The Hall–Kier alpha value is -3.62. The number of fused-ring (bicyclic) bond motifs is 1. The number of aromatic nitrogens is 3. The average molecular weight is 583 g/mol. The van der Waals surface area contributed by atoms with E-state index >= 15 is 0 Å². The molecule has 10 heteroatoms. The van der Waals surface area contributed by atoms with Crippen LogP contribution in [0.4, 0.5) is 5.82 Å². The van der Waals surface area contributed by atoms with Gasteiger partial charge in [-0.05, 0) is 49.2 Å². The van der Waals surface area contributed by atoms with Crippen LogP contribution in [0.25, 0.3) is 11.0 Å². The standard InChI is InChI=1S/C30H33Cl2N5O3/c1-7-40-24-15-23-22(13-20(24)28(38)36-25-10-8-9-17(2)34-25)35-26(37(23)6)14-19-21(31)12-11-18(27(19)32)16-33-29(39)30(3,4)5/h8-13,15H,7,14,16H2,1-6H3,(H,33,39)(H,34,36,38). The number of nitrogens with zero attached hydrogens (tertiary/aromatic N) is 3. The Labute approximate surface area is 244 Å². The fourth-order valence-corrected chi connectivity index (χ4v) is 4.79. The summed E-state index contributed by atoms with van der Waals surface area (Å²) in [6.45, 7) is 9.97. The number of hydrogen-bond acceptors (Lipinski definition) is 5. The highest BCUT2D eigenvalue weighted by Crippen LogP contribution is 2.33. The molecule has 40 heavy (non-hydrogen) atoms. The first-order valence-corrected chi connectivity index (χ1v) is 13.8. The molecule has 4 aromatic rings. The molecule has 0 aliphatic carbocycles. The number of ether oxygens (including phenoxy) is 1. The van der Waals surface area contributed by atoms with Gasteiger partial charge in [-0.3, -0.25) is 9.59 Å². The van der Waals surface area contributed by atoms with Crippen molar-refractivity contribution in [3.05, 3.63) is 80.7 Å². The lowest BCUT2D eigenvalue weighted by atomic mass is 9.95. The molecular weight excluding hydrogens is 549 g/mol. The van der Waals surface area contributed by atoms with Gasteiger partial charge >= 0.3 is 0 Å². The molecule has 0 bridgehead atoms. The van der Waals surface area contributed by atoms with E-state index in [9.17, 15) is 9.59 Å². The van der Waals surface area contributed by atoms with E-state index in [1.54, 1.807) is 18.2 Å². The van der Waals surface area contributed by atoms with Gasteiger partial charge in [-0.1, -0.05) is 56.1 Å². The predicted molar refractivity (Wildman–Crippen MR) is 159 cm³/mol. The van der Waals surface area contributed by atoms with Crippen LogP contribution in [0, 0.1) is 12.3 Å². The van der Waals surface area contributed by atoms with Gasteiger partial charge in [0.05, 0.1) is 28.2 Å². The third-order valence-corrected chi connectivity index (χ3v) is 7.30. The predicted octanol–water partition coefficient (Wildman–Crippen LogP) is 6.49. The van der Waals surface area contributed by atoms with Crippen LogP contribution in [-0.2, 0) is 24.8 Å². The van der Waals surface area contributed by atoms with Crippen LogP contribution in [0.3, 0.4) is 0 Å². The molecule has 0 atom stereocenters. The SMILES string of the molecule is CCOc1cc2c(cc1C(=O)Nc1cccc(C)n1)nc(Cc1c(Cl)ccc(CNC(=O)C(C)(C)C)c1Cl)n2C. The lowest BCUT2D eigenvalue weighted by molar-refractivity contribution is -0.128. The van der Waals surface area contributed by atoms with E-state index < -0.39 is 5.41 Å². The maximum atomic E-state index is 13.2. The zero-order valence-electron chi connectivity index (χ0n) is 23.5. The Morgan fingerprint density at radius 2 is 1.82 bits per heavy atom. The van der Waals surface area contributed by atoms with Crippen LogP contribution in [-0.4, -0.2) is 33.0 Å². The van der Waals surface area contributed by atoms with Crippen molar-refractivity contribution in [3.63, 3.8) is 0 Å². The van der Waals surface area contributed by atoms with Crippen molar-refractivity contribution in [2.24, 2.45) is 12.5 Å². The molecule has 0 saturated carbocycles. The summed E-state index contributed by atoms with van der Waals surface area (Å²) in [7, 11) is 1.89. The first-order chi connectivity index (χ1) is 18.9. The minimum Gasteiger partial charge on any atom is -0.493 e. The number of anilines is 1. The molecule has 4 rings (SSSR count). The topological polar surface area (TPSA) is 98.1 Å². The average Bonchev–Trinajstić information content (AvgIpc) is 3.19. The number of carbonyl (C=O) groups is 2. The van der Waals surface area contributed by atoms with Crippen LogP contribution < -0.4 is 15.4 Å². The molecule has 210 valence electrons. The molecule has 8 nitrogen and oxygen atoms in total. The second-order valence-corrected chi connectivity index (χ2v) is 11.4. The van der Waals surface area contributed by atoms with Gasteiger partial charge in [-0.15, -0.1) is 0 Å². The number of imidazole rings is 1. The monoisotopic (exact) mass is 581 g/mol. The summed E-state index contributed by atoms with van der Waals surface area (Å²) in [6.07, 6.45) is 0.350. The highest BCUT2D eigenvalue weighted by atomic mass is 35.5. The number of amides is 2. The first kappa shape index (κ1) is 29.4. The molecule has 2 heterocycles. The molecule has 0 aliphatic rings. The van der Waals surface area contributed by atoms with Gasteiger partial charge in [-0.2, -0.15) is 0 Å². The van der Waals surface area contributed by atoms with Crippen LogP contribution in [0.1, 0.15) is 60.7 Å². The number of pyridine rings is 1. The first-order valence-electron chi connectivity index (χ1n) is 13.0. The molecule has 0 radical (unpaired) electrons. The summed E-state index contributed by atoms with van der Waals surface area (Å²) >= 11 is 13.4. The molecule has 0 unspecified atom stereocenters. The summed E-state index contributed by atoms with van der Waals surface area (Å²) in [5.41, 5.74) is 3.54. The maximum Gasteiger partial charge on any atom is 0.260 e. The van der Waals surface area contributed by atoms with Gasteiger partial charge in [0.2, 0.25) is 5.91 Å². The molecule has 2 aromatic heterocycles. The molecule has 0 saturated heterocycles. The number of aryl methyl sites for hydroxylation is 2. The third-order valence-electron chi connectivity index (χ3n) is 6.47. The minimum absolute atomic E-state index is 0.0708. The summed E-state index contributed by atoms with van der Waals surface area (Å²) < 4.78 is 7.77. The van der Waals surface area contributed by atoms with Crippen LogP contribution in [0.2, 0.25) is 10.0 Å². The van der Waals surface area contributed by atoms with Crippen molar-refractivity contribution in [3.8, 4) is 5.75 Å². The van der Waals surface area contributed by atoms with E-state index in [1.165, 1.54) is 0 Å². The largest absolute Gasteiger partial charge is 0.493 e. The molecule has 0 spiro atoms. The normalized spacial score (nSPS) is 11.5. The number of benzene rings is 2. The number of halogens is 2. The van der Waals surface area contributed by atoms with Gasteiger partial charge in [0.15, 0.2) is 0 Å². The number of carbonyl (C=O) groups excluding carboxylic acids is 2. The highest BCUT2D eigenvalue weighted by Gasteiger charge is 2.23. The lowest BCUT2D eigenvalue weighted by Crippen LogP contribution is -2.34. The molecule has 2 aromatic carbocycles. The summed E-state index contributed by atoms with van der Waals surface area (Å²) in [4.78, 5) is 34.8. The smallest absolute Gasteiger partial charge is 0.260 e. The highest BCUT2D eigenvalue weighted by molar-refractivity contribution is 6.36. The fraction of sp³-hybridized carbons (Fsp3) is 0.333. The van der Waals surface area contributed by atoms with E-state index in [1.807, 2.05) is 70.5 Å². The van der Waals surface area contributed by atoms with Gasteiger partial charge in [0.25, 0.3) is 5.91 Å². The fourth-order valence-electron chi connectivity index (χ4n) is 4.22. The lowest BCUT2D eigenvalue weighted by Gasteiger charge is -2.18. The maximum absolute atomic E-state index is 13.2. The van der Waals surface area contributed by atoms with E-state index in [2.05, 4.69) is 15.6 Å².